The molecule has 0 bridgehead atoms. The maximum atomic E-state index is 11.5. The molecule has 1 atom stereocenters. The molecule has 1 amide bonds. The van der Waals surface area contributed by atoms with E-state index in [4.69, 9.17) is 11.5 Å². The van der Waals surface area contributed by atoms with Crippen LogP contribution < -0.4 is 16.8 Å². The summed E-state index contributed by atoms with van der Waals surface area (Å²) >= 11 is 0. The van der Waals surface area contributed by atoms with Crippen molar-refractivity contribution in [3.63, 3.8) is 0 Å². The molecule has 0 saturated heterocycles. The fraction of sp³-hybridized carbons (Fsp3) is 0.0833. The number of carbonyl (C=O) groups is 1. The Morgan fingerprint density at radius 1 is 1.26 bits per heavy atom. The van der Waals surface area contributed by atoms with Crippen molar-refractivity contribution >= 4 is 17.7 Å². The van der Waals surface area contributed by atoms with Crippen LogP contribution in [0.2, 0.25) is 0 Å². The van der Waals surface area contributed by atoms with Crippen molar-refractivity contribution in [1.29, 1.82) is 0 Å². The van der Waals surface area contributed by atoms with Crippen LogP contribution in [0.15, 0.2) is 36.5 Å². The van der Waals surface area contributed by atoms with Gasteiger partial charge in [-0.05, 0) is 23.8 Å². The third-order valence-corrected chi connectivity index (χ3v) is 2.46. The number of nitrogen functional groups attached to an aromatic ring is 1. The number of aromatic hydroxyl groups is 1. The molecular weight excluding hydrogens is 246 g/mol. The minimum absolute atomic E-state index is 0.104. The maximum Gasteiger partial charge on any atom is 0.244 e. The lowest BCUT2D eigenvalue weighted by atomic mass is 10.1. The van der Waals surface area contributed by atoms with Crippen LogP contribution in [0.3, 0.4) is 0 Å². The van der Waals surface area contributed by atoms with Gasteiger partial charge in [-0.15, -0.1) is 0 Å². The molecule has 0 aliphatic heterocycles. The second-order valence-electron chi connectivity index (χ2n) is 3.88. The van der Waals surface area contributed by atoms with E-state index in [-0.39, 0.29) is 17.5 Å². The van der Waals surface area contributed by atoms with E-state index in [1.54, 1.807) is 12.1 Å². The van der Waals surface area contributed by atoms with Crippen molar-refractivity contribution in [3.05, 3.63) is 42.1 Å². The van der Waals surface area contributed by atoms with E-state index >= 15 is 0 Å². The van der Waals surface area contributed by atoms with Crippen LogP contribution in [-0.2, 0) is 4.79 Å². The Bertz CT molecular complexity index is 585. The first-order valence-electron chi connectivity index (χ1n) is 5.49. The number of primary amides is 1. The number of aromatic nitrogens is 2. The fourth-order valence-corrected chi connectivity index (χ4v) is 1.56. The van der Waals surface area contributed by atoms with Crippen LogP contribution in [-0.4, -0.2) is 21.0 Å². The van der Waals surface area contributed by atoms with Crippen LogP contribution in [0.1, 0.15) is 11.6 Å². The molecule has 0 aliphatic rings. The van der Waals surface area contributed by atoms with Gasteiger partial charge in [0, 0.05) is 6.20 Å². The Morgan fingerprint density at radius 2 is 1.95 bits per heavy atom. The fourth-order valence-electron chi connectivity index (χ4n) is 1.56. The highest BCUT2D eigenvalue weighted by Crippen LogP contribution is 2.20. The third kappa shape index (κ3) is 3.09. The summed E-state index contributed by atoms with van der Waals surface area (Å²) in [5.74, 6) is 0.00666. The van der Waals surface area contributed by atoms with Gasteiger partial charge in [0.1, 0.15) is 17.6 Å². The van der Waals surface area contributed by atoms with Gasteiger partial charge < -0.3 is 21.9 Å². The van der Waals surface area contributed by atoms with Crippen molar-refractivity contribution in [2.24, 2.45) is 5.73 Å². The number of amides is 1. The average Bonchev–Trinajstić information content (AvgIpc) is 2.37. The van der Waals surface area contributed by atoms with Gasteiger partial charge in [0.15, 0.2) is 0 Å². The summed E-state index contributed by atoms with van der Waals surface area (Å²) in [7, 11) is 0. The Balaban J connectivity index is 2.26. The van der Waals surface area contributed by atoms with Gasteiger partial charge in [0.05, 0.1) is 0 Å². The number of nitrogens with two attached hydrogens (primary N) is 2. The zero-order chi connectivity index (χ0) is 13.8. The molecule has 6 N–H and O–H groups in total. The summed E-state index contributed by atoms with van der Waals surface area (Å²) < 4.78 is 0. The van der Waals surface area contributed by atoms with E-state index in [9.17, 15) is 9.90 Å². The number of carbonyl (C=O) groups excluding carboxylic acids is 1. The number of hydrogen-bond donors (Lipinski definition) is 4. The molecule has 0 spiro atoms. The third-order valence-electron chi connectivity index (χ3n) is 2.46. The Morgan fingerprint density at radius 3 is 2.53 bits per heavy atom. The van der Waals surface area contributed by atoms with Gasteiger partial charge in [-0.2, -0.15) is 4.98 Å². The monoisotopic (exact) mass is 259 g/mol. The molecule has 0 radical (unpaired) electrons. The number of nitrogens with one attached hydrogen (secondary N) is 1. The molecular formula is C12H13N5O2. The first-order valence-corrected chi connectivity index (χ1v) is 5.49. The van der Waals surface area contributed by atoms with Gasteiger partial charge in [-0.25, -0.2) is 4.98 Å². The molecule has 7 heteroatoms. The van der Waals surface area contributed by atoms with Crippen LogP contribution in [0, 0.1) is 0 Å². The van der Waals surface area contributed by atoms with E-state index in [1.165, 1.54) is 24.4 Å². The first-order chi connectivity index (χ1) is 9.06. The molecule has 0 saturated carbocycles. The predicted molar refractivity (Wildman–Crippen MR) is 70.1 cm³/mol. The molecule has 19 heavy (non-hydrogen) atoms. The average molecular weight is 259 g/mol. The minimum atomic E-state index is -0.803. The molecule has 1 unspecified atom stereocenters. The standard InChI is InChI=1S/C12H13N5O2/c13-9-5-6-15-12(16-9)17-10(11(14)19)7-1-3-8(18)4-2-7/h1-6,10,18H,(H2,14,19)(H3,13,15,16,17). The SMILES string of the molecule is NC(=O)C(Nc1nccc(N)n1)c1ccc(O)cc1. The largest absolute Gasteiger partial charge is 0.508 e. The number of nitrogens with zero attached hydrogens (tertiary/aromatic N) is 2. The normalized spacial score (nSPS) is 11.8. The van der Waals surface area contributed by atoms with Crippen molar-refractivity contribution in [2.45, 2.75) is 6.04 Å². The molecule has 1 aromatic carbocycles. The van der Waals surface area contributed by atoms with Crippen LogP contribution in [0.25, 0.3) is 0 Å². The first kappa shape index (κ1) is 12.6. The molecule has 2 aromatic rings. The Hall–Kier alpha value is -2.83. The quantitative estimate of drug-likeness (QED) is 0.629. The second kappa shape index (κ2) is 5.21. The maximum absolute atomic E-state index is 11.5. The highest BCUT2D eigenvalue weighted by atomic mass is 16.3. The number of phenols is 1. The van der Waals surface area contributed by atoms with E-state index in [2.05, 4.69) is 15.3 Å². The predicted octanol–water partition coefficient (Wildman–Crippen LogP) is 0.403. The molecule has 98 valence electrons. The summed E-state index contributed by atoms with van der Waals surface area (Å²) in [5, 5.41) is 12.0. The zero-order valence-electron chi connectivity index (χ0n) is 9.95. The van der Waals surface area contributed by atoms with Crippen molar-refractivity contribution in [1.82, 2.24) is 9.97 Å². The summed E-state index contributed by atoms with van der Waals surface area (Å²) in [4.78, 5) is 19.4. The van der Waals surface area contributed by atoms with E-state index in [0.717, 1.165) is 0 Å². The van der Waals surface area contributed by atoms with Crippen LogP contribution in [0.5, 0.6) is 5.75 Å². The van der Waals surface area contributed by atoms with Crippen molar-refractivity contribution in [3.8, 4) is 5.75 Å². The van der Waals surface area contributed by atoms with Gasteiger partial charge in [-0.3, -0.25) is 4.79 Å². The van der Waals surface area contributed by atoms with Gasteiger partial charge in [0.25, 0.3) is 0 Å². The van der Waals surface area contributed by atoms with E-state index in [0.29, 0.717) is 5.56 Å². The molecule has 2 rings (SSSR count). The number of anilines is 2. The smallest absolute Gasteiger partial charge is 0.244 e. The summed E-state index contributed by atoms with van der Waals surface area (Å²) in [6.07, 6.45) is 1.47. The minimum Gasteiger partial charge on any atom is -0.508 e. The lowest BCUT2D eigenvalue weighted by Gasteiger charge is -2.15. The van der Waals surface area contributed by atoms with Gasteiger partial charge >= 0.3 is 0 Å². The number of hydrogen-bond acceptors (Lipinski definition) is 6. The number of rotatable bonds is 4. The van der Waals surface area contributed by atoms with Gasteiger partial charge in [-0.1, -0.05) is 12.1 Å². The van der Waals surface area contributed by atoms with Crippen molar-refractivity contribution in [2.75, 3.05) is 11.1 Å². The highest BCUT2D eigenvalue weighted by molar-refractivity contribution is 5.84. The lowest BCUT2D eigenvalue weighted by Crippen LogP contribution is -2.28. The molecule has 1 heterocycles. The van der Waals surface area contributed by atoms with Crippen LogP contribution >= 0.6 is 0 Å². The lowest BCUT2D eigenvalue weighted by molar-refractivity contribution is -0.118. The molecule has 1 aromatic heterocycles. The van der Waals surface area contributed by atoms with Gasteiger partial charge in [0.2, 0.25) is 11.9 Å². The summed E-state index contributed by atoms with van der Waals surface area (Å²) in [5.41, 5.74) is 11.5. The van der Waals surface area contributed by atoms with E-state index < -0.39 is 11.9 Å². The molecule has 0 aliphatic carbocycles. The van der Waals surface area contributed by atoms with Crippen molar-refractivity contribution < 1.29 is 9.90 Å². The highest BCUT2D eigenvalue weighted by Gasteiger charge is 2.18. The number of benzene rings is 1. The second-order valence-corrected chi connectivity index (χ2v) is 3.88. The summed E-state index contributed by atoms with van der Waals surface area (Å²) in [6.45, 7) is 0. The topological polar surface area (TPSA) is 127 Å². The van der Waals surface area contributed by atoms with E-state index in [1.807, 2.05) is 0 Å². The molecule has 0 fully saturated rings. The Labute approximate surface area is 109 Å². The zero-order valence-corrected chi connectivity index (χ0v) is 9.95. The summed E-state index contributed by atoms with van der Waals surface area (Å²) in [6, 6.07) is 6.84. The Kier molecular flexibility index (Phi) is 3.46. The number of phenolic OH excluding ortho intramolecular Hbond substituents is 1. The molecule has 7 nitrogen and oxygen atoms in total. The van der Waals surface area contributed by atoms with Crippen LogP contribution in [0.4, 0.5) is 11.8 Å².